The fraction of sp³-hybridized carbons (Fsp3) is 0.333. The lowest BCUT2D eigenvalue weighted by Gasteiger charge is -2.00. The summed E-state index contributed by atoms with van der Waals surface area (Å²) in [7, 11) is -0.566. The molecule has 0 N–H and O–H groups in total. The lowest BCUT2D eigenvalue weighted by molar-refractivity contribution is 1.39. The van der Waals surface area contributed by atoms with Gasteiger partial charge < -0.3 is 0 Å². The van der Waals surface area contributed by atoms with E-state index in [-0.39, 0.29) is 5.12 Å². The molecule has 70 valence electrons. The molecule has 0 aromatic heterocycles. The molecule has 1 aromatic rings. The number of benzene rings is 1. The molecule has 4 heteroatoms. The summed E-state index contributed by atoms with van der Waals surface area (Å²) in [6.07, 6.45) is 0. The summed E-state index contributed by atoms with van der Waals surface area (Å²) in [4.78, 5) is 0. The first-order valence-electron chi connectivity index (χ1n) is 3.91. The molecule has 1 heterocycles. The molecule has 0 aliphatic carbocycles. The Morgan fingerprint density at radius 2 is 1.69 bits per heavy atom. The smallest absolute Gasteiger partial charge is 0.114 e. The molecule has 1 aliphatic heterocycles. The van der Waals surface area contributed by atoms with Gasteiger partial charge >= 0.3 is 0 Å². The zero-order valence-corrected chi connectivity index (χ0v) is 10.1. The lowest BCUT2D eigenvalue weighted by Crippen LogP contribution is -1.95. The van der Waals surface area contributed by atoms with E-state index in [9.17, 15) is 0 Å². The summed E-state index contributed by atoms with van der Waals surface area (Å²) in [5, 5.41) is 1.10. The molecule has 0 nitrogen and oxygen atoms in total. The molecule has 0 bridgehead atoms. The van der Waals surface area contributed by atoms with Gasteiger partial charge in [-0.15, -0.1) is 11.6 Å². The van der Waals surface area contributed by atoms with E-state index in [0.29, 0.717) is 0 Å². The Kier molecular flexibility index (Phi) is 2.53. The minimum atomic E-state index is -0.702. The highest BCUT2D eigenvalue weighted by Gasteiger charge is 2.63. The summed E-state index contributed by atoms with van der Waals surface area (Å²) < 4.78 is -0.702. The summed E-state index contributed by atoms with van der Waals surface area (Å²) in [5.41, 5.74) is 1.24. The standard InChI is InChI=1S/C9H8Cl3P/c1-6-2-4-7(5-3-6)13-8(10)9(13,11)12/h2-5,8H,1H3. The van der Waals surface area contributed by atoms with Crippen LogP contribution in [0.5, 0.6) is 0 Å². The van der Waals surface area contributed by atoms with Crippen LogP contribution in [0.2, 0.25) is 0 Å². The van der Waals surface area contributed by atoms with Crippen molar-refractivity contribution in [1.82, 2.24) is 0 Å². The second-order valence-corrected chi connectivity index (χ2v) is 8.26. The van der Waals surface area contributed by atoms with Crippen molar-refractivity contribution in [2.45, 2.75) is 16.1 Å². The summed E-state index contributed by atoms with van der Waals surface area (Å²) in [6, 6.07) is 8.23. The molecule has 2 atom stereocenters. The Balaban J connectivity index is 2.25. The van der Waals surface area contributed by atoms with Crippen LogP contribution in [0.15, 0.2) is 24.3 Å². The van der Waals surface area contributed by atoms with Crippen molar-refractivity contribution in [3.63, 3.8) is 0 Å². The highest BCUT2D eigenvalue weighted by molar-refractivity contribution is 7.82. The van der Waals surface area contributed by atoms with Crippen molar-refractivity contribution in [1.29, 1.82) is 0 Å². The molecule has 1 aromatic carbocycles. The van der Waals surface area contributed by atoms with Crippen LogP contribution in [-0.4, -0.2) is 9.19 Å². The van der Waals surface area contributed by atoms with Gasteiger partial charge in [-0.05, 0) is 20.1 Å². The van der Waals surface area contributed by atoms with Crippen LogP contribution in [0.3, 0.4) is 0 Å². The van der Waals surface area contributed by atoms with Gasteiger partial charge in [-0.2, -0.15) is 0 Å². The lowest BCUT2D eigenvalue weighted by atomic mass is 10.2. The second-order valence-electron chi connectivity index (χ2n) is 3.13. The number of halogens is 3. The van der Waals surface area contributed by atoms with E-state index in [1.807, 2.05) is 0 Å². The molecule has 1 saturated heterocycles. The maximum Gasteiger partial charge on any atom is 0.162 e. The van der Waals surface area contributed by atoms with Crippen LogP contribution < -0.4 is 5.30 Å². The van der Waals surface area contributed by atoms with E-state index in [1.165, 1.54) is 10.9 Å². The van der Waals surface area contributed by atoms with E-state index in [2.05, 4.69) is 31.2 Å². The van der Waals surface area contributed by atoms with E-state index < -0.39 is 12.0 Å². The first kappa shape index (κ1) is 10.1. The molecule has 1 aliphatic rings. The predicted molar refractivity (Wildman–Crippen MR) is 61.8 cm³/mol. The Morgan fingerprint density at radius 1 is 1.23 bits per heavy atom. The van der Waals surface area contributed by atoms with Crippen LogP contribution in [0.4, 0.5) is 0 Å². The summed E-state index contributed by atoms with van der Waals surface area (Å²) in [5.74, 6) is 0. The average Bonchev–Trinajstić information content (AvgIpc) is 2.55. The van der Waals surface area contributed by atoms with Gasteiger partial charge in [0, 0.05) is 0 Å². The van der Waals surface area contributed by atoms with Gasteiger partial charge in [0.05, 0.1) is 5.12 Å². The van der Waals surface area contributed by atoms with Crippen molar-refractivity contribution in [3.8, 4) is 0 Å². The molecule has 2 unspecified atom stereocenters. The van der Waals surface area contributed by atoms with Gasteiger partial charge in [0.2, 0.25) is 0 Å². The Bertz CT molecular complexity index is 320. The zero-order chi connectivity index (χ0) is 9.64. The monoisotopic (exact) mass is 252 g/mol. The Morgan fingerprint density at radius 3 is 2.08 bits per heavy atom. The van der Waals surface area contributed by atoms with Crippen LogP contribution >= 0.6 is 42.7 Å². The van der Waals surface area contributed by atoms with Crippen LogP contribution in [-0.2, 0) is 0 Å². The average molecular weight is 253 g/mol. The van der Waals surface area contributed by atoms with Crippen molar-refractivity contribution >= 4 is 48.0 Å². The van der Waals surface area contributed by atoms with E-state index in [0.717, 1.165) is 0 Å². The third-order valence-corrected chi connectivity index (χ3v) is 7.52. The minimum Gasteiger partial charge on any atom is -0.114 e. The topological polar surface area (TPSA) is 0 Å². The molecular formula is C9H8Cl3P. The number of alkyl halides is 3. The molecule has 13 heavy (non-hydrogen) atoms. The highest BCUT2D eigenvalue weighted by Crippen LogP contribution is 2.80. The van der Waals surface area contributed by atoms with Gasteiger partial charge in [-0.3, -0.25) is 0 Å². The summed E-state index contributed by atoms with van der Waals surface area (Å²) in [6.45, 7) is 2.05. The van der Waals surface area contributed by atoms with Gasteiger partial charge in [-0.25, -0.2) is 0 Å². The van der Waals surface area contributed by atoms with Crippen molar-refractivity contribution < 1.29 is 0 Å². The quantitative estimate of drug-likeness (QED) is 0.527. The van der Waals surface area contributed by atoms with E-state index >= 15 is 0 Å². The highest BCUT2D eigenvalue weighted by atomic mass is 35.5. The van der Waals surface area contributed by atoms with Gasteiger partial charge in [0.25, 0.3) is 0 Å². The Hall–Kier alpha value is 0.520. The largest absolute Gasteiger partial charge is 0.162 e. The maximum atomic E-state index is 5.99. The maximum absolute atomic E-state index is 5.99. The van der Waals surface area contributed by atoms with Crippen molar-refractivity contribution in [2.24, 2.45) is 0 Å². The Labute approximate surface area is 93.9 Å². The fourth-order valence-electron chi connectivity index (χ4n) is 1.22. The molecule has 0 saturated carbocycles. The molecule has 0 radical (unpaired) electrons. The van der Waals surface area contributed by atoms with E-state index in [4.69, 9.17) is 34.8 Å². The number of hydrogen-bond acceptors (Lipinski definition) is 0. The van der Waals surface area contributed by atoms with Crippen LogP contribution in [0.25, 0.3) is 0 Å². The van der Waals surface area contributed by atoms with Gasteiger partial charge in [0.15, 0.2) is 4.07 Å². The normalized spacial score (nSPS) is 30.2. The van der Waals surface area contributed by atoms with Crippen molar-refractivity contribution in [3.05, 3.63) is 29.8 Å². The first-order valence-corrected chi connectivity index (χ1v) is 6.51. The minimum absolute atomic E-state index is 0.0893. The fourth-order valence-corrected chi connectivity index (χ4v) is 5.62. The third-order valence-electron chi connectivity index (χ3n) is 2.08. The molecule has 2 rings (SSSR count). The summed E-state index contributed by atoms with van der Waals surface area (Å²) >= 11 is 18.0. The van der Waals surface area contributed by atoms with E-state index in [1.54, 1.807) is 0 Å². The predicted octanol–water partition coefficient (Wildman–Crippen LogP) is 3.81. The van der Waals surface area contributed by atoms with Gasteiger partial charge in [0.1, 0.15) is 0 Å². The SMILES string of the molecule is Cc1ccc(P2C(Cl)C2(Cl)Cl)cc1. The number of rotatable bonds is 1. The molecule has 0 spiro atoms. The number of aryl methyl sites for hydroxylation is 1. The second kappa shape index (κ2) is 3.28. The van der Waals surface area contributed by atoms with Crippen molar-refractivity contribution in [2.75, 3.05) is 0 Å². The van der Waals surface area contributed by atoms with Crippen LogP contribution in [0, 0.1) is 6.92 Å². The molecule has 0 amide bonds. The number of hydrogen-bond donors (Lipinski definition) is 0. The molecular weight excluding hydrogens is 245 g/mol. The van der Waals surface area contributed by atoms with Gasteiger partial charge in [-0.1, -0.05) is 53.0 Å². The molecule has 1 fully saturated rings. The first-order chi connectivity index (χ1) is 6.03. The van der Waals surface area contributed by atoms with Crippen LogP contribution in [0.1, 0.15) is 5.56 Å². The zero-order valence-electron chi connectivity index (χ0n) is 6.97. The third kappa shape index (κ3) is 1.70.